The van der Waals surface area contributed by atoms with Crippen molar-refractivity contribution >= 4 is 5.91 Å². The Morgan fingerprint density at radius 3 is 2.50 bits per heavy atom. The summed E-state index contributed by atoms with van der Waals surface area (Å²) >= 11 is 0. The first-order valence-corrected chi connectivity index (χ1v) is 5.95. The van der Waals surface area contributed by atoms with E-state index in [0.29, 0.717) is 19.3 Å². The fourth-order valence-electron chi connectivity index (χ4n) is 1.92. The summed E-state index contributed by atoms with van der Waals surface area (Å²) in [4.78, 5) is 10.8. The highest BCUT2D eigenvalue weighted by molar-refractivity contribution is 5.73. The third kappa shape index (κ3) is 3.85. The lowest BCUT2D eigenvalue weighted by Gasteiger charge is -2.24. The van der Waals surface area contributed by atoms with Gasteiger partial charge in [-0.3, -0.25) is 4.79 Å². The van der Waals surface area contributed by atoms with Crippen LogP contribution in [0.1, 0.15) is 31.7 Å². The van der Waals surface area contributed by atoms with E-state index in [1.54, 1.807) is 12.1 Å². The van der Waals surface area contributed by atoms with Crippen LogP contribution in [0.4, 0.5) is 4.39 Å². The minimum absolute atomic E-state index is 0.197. The average Bonchev–Trinajstić information content (AvgIpc) is 2.37. The van der Waals surface area contributed by atoms with E-state index in [1.165, 1.54) is 12.1 Å². The SMILES string of the molecule is CCC(C#N)(CCC(N)=O)Cc1ccc(F)cc1. The molecule has 0 aliphatic rings. The maximum absolute atomic E-state index is 12.8. The van der Waals surface area contributed by atoms with E-state index in [1.807, 2.05) is 6.92 Å². The van der Waals surface area contributed by atoms with Crippen molar-refractivity contribution in [2.75, 3.05) is 0 Å². The van der Waals surface area contributed by atoms with Gasteiger partial charge in [-0.1, -0.05) is 19.1 Å². The van der Waals surface area contributed by atoms with Crippen molar-refractivity contribution in [3.05, 3.63) is 35.6 Å². The lowest BCUT2D eigenvalue weighted by Crippen LogP contribution is -2.24. The van der Waals surface area contributed by atoms with E-state index in [4.69, 9.17) is 5.73 Å². The van der Waals surface area contributed by atoms with Crippen LogP contribution in [0.25, 0.3) is 0 Å². The van der Waals surface area contributed by atoms with Gasteiger partial charge in [0.15, 0.2) is 0 Å². The Morgan fingerprint density at radius 2 is 2.06 bits per heavy atom. The number of carbonyl (C=O) groups excluding carboxylic acids is 1. The second-order valence-electron chi connectivity index (χ2n) is 4.52. The standard InChI is InChI=1S/C14H17FN2O/c1-2-14(10-16,8-7-13(17)18)9-11-3-5-12(15)6-4-11/h3-6H,2,7-9H2,1H3,(H2,17,18). The molecule has 0 aromatic heterocycles. The first kappa shape index (κ1) is 14.2. The van der Waals surface area contributed by atoms with E-state index in [-0.39, 0.29) is 12.2 Å². The van der Waals surface area contributed by atoms with E-state index < -0.39 is 11.3 Å². The first-order chi connectivity index (χ1) is 8.51. The number of primary amides is 1. The zero-order valence-corrected chi connectivity index (χ0v) is 10.4. The van der Waals surface area contributed by atoms with Crippen LogP contribution in [0.2, 0.25) is 0 Å². The van der Waals surface area contributed by atoms with Crippen molar-refractivity contribution in [2.45, 2.75) is 32.6 Å². The normalized spacial score (nSPS) is 13.6. The number of rotatable bonds is 6. The predicted molar refractivity (Wildman–Crippen MR) is 66.9 cm³/mol. The van der Waals surface area contributed by atoms with Gasteiger partial charge < -0.3 is 5.73 Å². The minimum Gasteiger partial charge on any atom is -0.370 e. The topological polar surface area (TPSA) is 66.9 Å². The minimum atomic E-state index is -0.604. The summed E-state index contributed by atoms with van der Waals surface area (Å²) in [5.41, 5.74) is 5.41. The number of amides is 1. The fourth-order valence-corrected chi connectivity index (χ4v) is 1.92. The molecule has 1 unspecified atom stereocenters. The van der Waals surface area contributed by atoms with Crippen LogP contribution in [-0.4, -0.2) is 5.91 Å². The van der Waals surface area contributed by atoms with Gasteiger partial charge in [-0.15, -0.1) is 0 Å². The summed E-state index contributed by atoms with van der Waals surface area (Å²) in [6.07, 6.45) is 1.77. The molecule has 1 atom stereocenters. The molecule has 2 N–H and O–H groups in total. The predicted octanol–water partition coefficient (Wildman–Crippen LogP) is 2.55. The average molecular weight is 248 g/mol. The summed E-state index contributed by atoms with van der Waals surface area (Å²) in [6, 6.07) is 8.37. The van der Waals surface area contributed by atoms with Gasteiger partial charge in [-0.25, -0.2) is 4.39 Å². The monoisotopic (exact) mass is 248 g/mol. The summed E-state index contributed by atoms with van der Waals surface area (Å²) in [6.45, 7) is 1.91. The van der Waals surface area contributed by atoms with Crippen LogP contribution in [-0.2, 0) is 11.2 Å². The van der Waals surface area contributed by atoms with E-state index in [9.17, 15) is 14.4 Å². The van der Waals surface area contributed by atoms with Gasteiger partial charge >= 0.3 is 0 Å². The molecule has 4 heteroatoms. The molecule has 1 aromatic carbocycles. The van der Waals surface area contributed by atoms with E-state index >= 15 is 0 Å². The van der Waals surface area contributed by atoms with Crippen molar-refractivity contribution < 1.29 is 9.18 Å². The molecule has 0 fully saturated rings. The second-order valence-corrected chi connectivity index (χ2v) is 4.52. The number of carbonyl (C=O) groups is 1. The zero-order valence-electron chi connectivity index (χ0n) is 10.4. The molecular formula is C14H17FN2O. The van der Waals surface area contributed by atoms with Crippen LogP contribution in [0.15, 0.2) is 24.3 Å². The number of nitrogens with zero attached hydrogens (tertiary/aromatic N) is 1. The maximum atomic E-state index is 12.8. The molecule has 0 radical (unpaired) electrons. The molecule has 1 amide bonds. The van der Waals surface area contributed by atoms with Gasteiger partial charge in [-0.2, -0.15) is 5.26 Å². The highest BCUT2D eigenvalue weighted by Gasteiger charge is 2.28. The Bertz CT molecular complexity index is 450. The Morgan fingerprint density at radius 1 is 1.44 bits per heavy atom. The molecule has 0 aliphatic heterocycles. The van der Waals surface area contributed by atoms with Crippen molar-refractivity contribution in [2.24, 2.45) is 11.1 Å². The van der Waals surface area contributed by atoms with Gasteiger partial charge in [-0.05, 0) is 37.0 Å². The molecular weight excluding hydrogens is 231 g/mol. The molecule has 0 spiro atoms. The summed E-state index contributed by atoms with van der Waals surface area (Å²) in [5.74, 6) is -0.697. The van der Waals surface area contributed by atoms with E-state index in [2.05, 4.69) is 6.07 Å². The van der Waals surface area contributed by atoms with Gasteiger partial charge in [0.2, 0.25) is 5.91 Å². The van der Waals surface area contributed by atoms with Crippen LogP contribution in [0.5, 0.6) is 0 Å². The Hall–Kier alpha value is -1.89. The molecule has 0 aliphatic carbocycles. The van der Waals surface area contributed by atoms with Crippen LogP contribution >= 0.6 is 0 Å². The summed E-state index contributed by atoms with van der Waals surface area (Å²) < 4.78 is 12.8. The van der Waals surface area contributed by atoms with Crippen molar-refractivity contribution in [1.82, 2.24) is 0 Å². The number of halogens is 1. The Balaban J connectivity index is 2.82. The molecule has 0 saturated carbocycles. The maximum Gasteiger partial charge on any atom is 0.217 e. The lowest BCUT2D eigenvalue weighted by atomic mass is 9.77. The molecule has 1 aromatic rings. The van der Waals surface area contributed by atoms with Crippen LogP contribution in [0, 0.1) is 22.6 Å². The van der Waals surface area contributed by atoms with Gasteiger partial charge in [0.25, 0.3) is 0 Å². The third-order valence-electron chi connectivity index (χ3n) is 3.22. The molecule has 0 bridgehead atoms. The lowest BCUT2D eigenvalue weighted by molar-refractivity contribution is -0.118. The van der Waals surface area contributed by atoms with Crippen molar-refractivity contribution in [1.29, 1.82) is 5.26 Å². The van der Waals surface area contributed by atoms with Gasteiger partial charge in [0.05, 0.1) is 11.5 Å². The second kappa shape index (κ2) is 6.15. The quantitative estimate of drug-likeness (QED) is 0.840. The highest BCUT2D eigenvalue weighted by Crippen LogP contribution is 2.31. The highest BCUT2D eigenvalue weighted by atomic mass is 19.1. The van der Waals surface area contributed by atoms with Crippen molar-refractivity contribution in [3.63, 3.8) is 0 Å². The van der Waals surface area contributed by atoms with E-state index in [0.717, 1.165) is 5.56 Å². The zero-order chi connectivity index (χ0) is 13.6. The number of hydrogen-bond donors (Lipinski definition) is 1. The van der Waals surface area contributed by atoms with Crippen LogP contribution < -0.4 is 5.73 Å². The molecule has 18 heavy (non-hydrogen) atoms. The number of nitrogens with two attached hydrogens (primary N) is 1. The molecule has 96 valence electrons. The number of nitriles is 1. The molecule has 1 rings (SSSR count). The first-order valence-electron chi connectivity index (χ1n) is 5.95. The van der Waals surface area contributed by atoms with Crippen LogP contribution in [0.3, 0.4) is 0 Å². The summed E-state index contributed by atoms with van der Waals surface area (Å²) in [7, 11) is 0. The largest absolute Gasteiger partial charge is 0.370 e. The molecule has 0 saturated heterocycles. The number of benzene rings is 1. The third-order valence-corrected chi connectivity index (χ3v) is 3.22. The Labute approximate surface area is 106 Å². The molecule has 3 nitrogen and oxygen atoms in total. The summed E-state index contributed by atoms with van der Waals surface area (Å²) in [5, 5.41) is 9.33. The molecule has 0 heterocycles. The smallest absolute Gasteiger partial charge is 0.217 e. The van der Waals surface area contributed by atoms with Crippen molar-refractivity contribution in [3.8, 4) is 6.07 Å². The fraction of sp³-hybridized carbons (Fsp3) is 0.429. The van der Waals surface area contributed by atoms with Gasteiger partial charge in [0, 0.05) is 6.42 Å². The Kier molecular flexibility index (Phi) is 4.85. The number of hydrogen-bond acceptors (Lipinski definition) is 2. The van der Waals surface area contributed by atoms with Gasteiger partial charge in [0.1, 0.15) is 5.82 Å².